The summed E-state index contributed by atoms with van der Waals surface area (Å²) in [5, 5.41) is 17.1. The molecule has 1 heterocycles. The third-order valence-corrected chi connectivity index (χ3v) is 3.92. The van der Waals surface area contributed by atoms with Gasteiger partial charge in [-0.3, -0.25) is 9.59 Å². The highest BCUT2D eigenvalue weighted by Crippen LogP contribution is 2.19. The largest absolute Gasteiger partial charge is 0.481 e. The van der Waals surface area contributed by atoms with Crippen LogP contribution in [0.15, 0.2) is 18.2 Å². The second kappa shape index (κ2) is 9.50. The van der Waals surface area contributed by atoms with Gasteiger partial charge in [-0.2, -0.15) is 0 Å². The van der Waals surface area contributed by atoms with Crippen LogP contribution in [-0.4, -0.2) is 53.2 Å². The van der Waals surface area contributed by atoms with Gasteiger partial charge in [0.25, 0.3) is 0 Å². The van der Waals surface area contributed by atoms with E-state index in [1.807, 2.05) is 6.07 Å². The highest BCUT2D eigenvalue weighted by atomic mass is 35.5. The highest BCUT2D eigenvalue weighted by molar-refractivity contribution is 6.30. The molecule has 1 aliphatic heterocycles. The van der Waals surface area contributed by atoms with Crippen molar-refractivity contribution in [2.24, 2.45) is 5.73 Å². The van der Waals surface area contributed by atoms with E-state index in [0.717, 1.165) is 31.0 Å². The minimum absolute atomic E-state index is 0.0231. The molecule has 0 amide bonds. The van der Waals surface area contributed by atoms with Crippen LogP contribution < -0.4 is 5.73 Å². The predicted molar refractivity (Wildman–Crippen MR) is 88.8 cm³/mol. The molecule has 1 atom stereocenters. The van der Waals surface area contributed by atoms with E-state index < -0.39 is 18.0 Å². The molecular formula is C16H23ClN2O4. The maximum absolute atomic E-state index is 9.99. The maximum Gasteiger partial charge on any atom is 0.320 e. The van der Waals surface area contributed by atoms with Gasteiger partial charge >= 0.3 is 11.9 Å². The zero-order valence-corrected chi connectivity index (χ0v) is 13.9. The van der Waals surface area contributed by atoms with E-state index in [1.165, 1.54) is 11.1 Å². The second-order valence-corrected chi connectivity index (χ2v) is 6.03. The van der Waals surface area contributed by atoms with Gasteiger partial charge in [-0.05, 0) is 49.6 Å². The first-order valence-corrected chi connectivity index (χ1v) is 7.83. The van der Waals surface area contributed by atoms with Crippen LogP contribution in [0.5, 0.6) is 0 Å². The third kappa shape index (κ3) is 7.45. The molecule has 0 unspecified atom stereocenters. The summed E-state index contributed by atoms with van der Waals surface area (Å²) < 4.78 is 0. The van der Waals surface area contributed by atoms with Crippen LogP contribution >= 0.6 is 11.6 Å². The summed E-state index contributed by atoms with van der Waals surface area (Å²) in [4.78, 5) is 22.2. The van der Waals surface area contributed by atoms with Crippen molar-refractivity contribution >= 4 is 23.5 Å². The van der Waals surface area contributed by atoms with Crippen LogP contribution in [0.1, 0.15) is 24.0 Å². The van der Waals surface area contributed by atoms with E-state index in [4.69, 9.17) is 27.5 Å². The summed E-state index contributed by atoms with van der Waals surface area (Å²) in [7, 11) is 2.17. The molecule has 6 nitrogen and oxygen atoms in total. The quantitative estimate of drug-likeness (QED) is 0.768. The first-order chi connectivity index (χ1) is 10.8. The van der Waals surface area contributed by atoms with Crippen molar-refractivity contribution in [1.29, 1.82) is 0 Å². The Hall–Kier alpha value is -1.63. The third-order valence-electron chi connectivity index (χ3n) is 3.68. The topological polar surface area (TPSA) is 104 Å². The SMILES string of the molecule is CN1CCc2ccc(Cl)cc2CC1.N[C@@H](CCC(=O)O)C(=O)O. The second-order valence-electron chi connectivity index (χ2n) is 5.59. The molecular weight excluding hydrogens is 320 g/mol. The van der Waals surface area contributed by atoms with Crippen molar-refractivity contribution in [2.75, 3.05) is 20.1 Å². The monoisotopic (exact) mass is 342 g/mol. The summed E-state index contributed by atoms with van der Waals surface area (Å²) in [5.41, 5.74) is 7.90. The molecule has 0 radical (unpaired) electrons. The number of rotatable bonds is 4. The fraction of sp³-hybridized carbons (Fsp3) is 0.500. The zero-order chi connectivity index (χ0) is 17.4. The van der Waals surface area contributed by atoms with Crippen molar-refractivity contribution in [1.82, 2.24) is 4.90 Å². The van der Waals surface area contributed by atoms with Crippen molar-refractivity contribution in [3.8, 4) is 0 Å². The van der Waals surface area contributed by atoms with Crippen LogP contribution in [0.4, 0.5) is 0 Å². The van der Waals surface area contributed by atoms with E-state index in [2.05, 4.69) is 24.1 Å². The number of aliphatic carboxylic acids is 2. The zero-order valence-electron chi connectivity index (χ0n) is 13.2. The molecule has 1 aromatic carbocycles. The first kappa shape index (κ1) is 19.4. The normalized spacial score (nSPS) is 15.6. The molecule has 2 rings (SSSR count). The molecule has 0 aliphatic carbocycles. The van der Waals surface area contributed by atoms with Gasteiger partial charge in [0.2, 0.25) is 0 Å². The van der Waals surface area contributed by atoms with Crippen LogP contribution in [0.2, 0.25) is 5.02 Å². The van der Waals surface area contributed by atoms with Crippen molar-refractivity contribution in [3.63, 3.8) is 0 Å². The van der Waals surface area contributed by atoms with E-state index in [9.17, 15) is 9.59 Å². The van der Waals surface area contributed by atoms with Gasteiger partial charge in [-0.1, -0.05) is 17.7 Å². The maximum atomic E-state index is 9.99. The molecule has 1 aliphatic rings. The van der Waals surface area contributed by atoms with E-state index in [-0.39, 0.29) is 12.8 Å². The Morgan fingerprint density at radius 3 is 2.43 bits per heavy atom. The number of likely N-dealkylation sites (N-methyl/N-ethyl adjacent to an activating group) is 1. The Kier molecular flexibility index (Phi) is 8.02. The van der Waals surface area contributed by atoms with Gasteiger partial charge in [-0.25, -0.2) is 0 Å². The fourth-order valence-electron chi connectivity index (χ4n) is 2.21. The molecule has 1 aromatic rings. The molecule has 4 N–H and O–H groups in total. The molecule has 7 heteroatoms. The van der Waals surface area contributed by atoms with Gasteiger partial charge < -0.3 is 20.8 Å². The molecule has 0 bridgehead atoms. The number of hydrogen-bond donors (Lipinski definition) is 3. The highest BCUT2D eigenvalue weighted by Gasteiger charge is 2.12. The smallest absolute Gasteiger partial charge is 0.320 e. The van der Waals surface area contributed by atoms with E-state index >= 15 is 0 Å². The molecule has 0 fully saturated rings. The lowest BCUT2D eigenvalue weighted by molar-refractivity contribution is -0.139. The van der Waals surface area contributed by atoms with Crippen LogP contribution in [0.3, 0.4) is 0 Å². The van der Waals surface area contributed by atoms with E-state index in [1.54, 1.807) is 0 Å². The fourth-order valence-corrected chi connectivity index (χ4v) is 2.40. The molecule has 0 aromatic heterocycles. The molecule has 0 saturated carbocycles. The van der Waals surface area contributed by atoms with Gasteiger partial charge in [0.1, 0.15) is 6.04 Å². The number of fused-ring (bicyclic) bond motifs is 1. The van der Waals surface area contributed by atoms with Crippen molar-refractivity contribution in [3.05, 3.63) is 34.3 Å². The summed E-state index contributed by atoms with van der Waals surface area (Å²) in [6.45, 7) is 2.31. The number of carbonyl (C=O) groups is 2. The van der Waals surface area contributed by atoms with Crippen molar-refractivity contribution in [2.45, 2.75) is 31.7 Å². The van der Waals surface area contributed by atoms with Gasteiger partial charge in [-0.15, -0.1) is 0 Å². The summed E-state index contributed by atoms with van der Waals surface area (Å²) in [6, 6.07) is 5.20. The standard InChI is InChI=1S/C11H14ClN.C5H9NO4/c1-13-6-4-9-2-3-11(12)8-10(9)5-7-13;6-3(5(9)10)1-2-4(7)8/h2-3,8H,4-7H2,1H3;3H,1-2,6H2,(H,7,8)(H,9,10)/t;3-/m.0/s1. The number of hydrogen-bond acceptors (Lipinski definition) is 4. The molecule has 23 heavy (non-hydrogen) atoms. The number of carboxylic acid groups (broad SMARTS) is 2. The van der Waals surface area contributed by atoms with Crippen molar-refractivity contribution < 1.29 is 19.8 Å². The Balaban J connectivity index is 0.000000241. The number of nitrogens with zero attached hydrogens (tertiary/aromatic N) is 1. The van der Waals surface area contributed by atoms with E-state index in [0.29, 0.717) is 0 Å². The Labute approximate surface area is 140 Å². The van der Waals surface area contributed by atoms with Crippen LogP contribution in [0.25, 0.3) is 0 Å². The van der Waals surface area contributed by atoms with Gasteiger partial charge in [0.15, 0.2) is 0 Å². The summed E-state index contributed by atoms with van der Waals surface area (Å²) >= 11 is 5.95. The Morgan fingerprint density at radius 1 is 1.26 bits per heavy atom. The summed E-state index contributed by atoms with van der Waals surface area (Å²) in [5.74, 6) is -2.20. The Morgan fingerprint density at radius 2 is 1.87 bits per heavy atom. The average molecular weight is 343 g/mol. The lowest BCUT2D eigenvalue weighted by Gasteiger charge is -2.10. The average Bonchev–Trinajstić information content (AvgIpc) is 2.67. The lowest BCUT2D eigenvalue weighted by atomic mass is 10.0. The van der Waals surface area contributed by atoms with Gasteiger partial charge in [0, 0.05) is 24.5 Å². The minimum Gasteiger partial charge on any atom is -0.481 e. The number of benzene rings is 1. The molecule has 128 valence electrons. The summed E-state index contributed by atoms with van der Waals surface area (Å²) in [6.07, 6.45) is 2.06. The lowest BCUT2D eigenvalue weighted by Crippen LogP contribution is -2.30. The minimum atomic E-state index is -1.17. The van der Waals surface area contributed by atoms with Crippen LogP contribution in [-0.2, 0) is 22.4 Å². The predicted octanol–water partition coefficient (Wildman–Crippen LogP) is 1.63. The number of nitrogens with two attached hydrogens (primary N) is 1. The Bertz CT molecular complexity index is 551. The van der Waals surface area contributed by atoms with Gasteiger partial charge in [0.05, 0.1) is 0 Å². The molecule has 0 saturated heterocycles. The molecule has 0 spiro atoms. The first-order valence-electron chi connectivity index (χ1n) is 7.45. The number of halogens is 1. The number of carboxylic acids is 2. The van der Waals surface area contributed by atoms with Crippen LogP contribution in [0, 0.1) is 0 Å².